The molecule has 4 nitrogen and oxygen atoms in total. The van der Waals surface area contributed by atoms with Crippen LogP contribution in [0.3, 0.4) is 0 Å². The normalized spacial score (nSPS) is 16.5. The maximum absolute atomic E-state index is 11.7. The van der Waals surface area contributed by atoms with Gasteiger partial charge in [0.1, 0.15) is 11.4 Å². The fourth-order valence-electron chi connectivity index (χ4n) is 1.93. The third kappa shape index (κ3) is 3.00. The minimum absolute atomic E-state index is 0.300. The SMILES string of the molecule is O=S1(=O)N=C(c2ccc(Cl)cc2)C(c2ccc(Cl)cc2)=N1. The van der Waals surface area contributed by atoms with Crippen molar-refractivity contribution in [2.45, 2.75) is 0 Å². The second-order valence-electron chi connectivity index (χ2n) is 4.34. The lowest BCUT2D eigenvalue weighted by Crippen LogP contribution is -2.13. The number of hydrogen-bond donors (Lipinski definition) is 0. The highest BCUT2D eigenvalue weighted by Crippen LogP contribution is 2.21. The van der Waals surface area contributed by atoms with Gasteiger partial charge in [0.15, 0.2) is 0 Å². The molecule has 0 N–H and O–H groups in total. The smallest absolute Gasteiger partial charge is 0.179 e. The first-order valence-corrected chi connectivity index (χ1v) is 8.07. The second kappa shape index (κ2) is 5.26. The van der Waals surface area contributed by atoms with Gasteiger partial charge in [-0.15, -0.1) is 8.80 Å². The van der Waals surface area contributed by atoms with Crippen LogP contribution < -0.4 is 0 Å². The molecule has 0 bridgehead atoms. The Morgan fingerprint density at radius 2 is 1.00 bits per heavy atom. The van der Waals surface area contributed by atoms with Gasteiger partial charge in [0.2, 0.25) is 0 Å². The topological polar surface area (TPSA) is 58.9 Å². The number of benzene rings is 2. The number of rotatable bonds is 2. The molecule has 1 aliphatic rings. The molecule has 1 heterocycles. The third-order valence-corrected chi connectivity index (χ3v) is 4.20. The zero-order chi connectivity index (χ0) is 15.0. The van der Waals surface area contributed by atoms with Crippen LogP contribution in [0.2, 0.25) is 10.0 Å². The van der Waals surface area contributed by atoms with E-state index in [1.165, 1.54) is 0 Å². The maximum atomic E-state index is 11.7. The van der Waals surface area contributed by atoms with Gasteiger partial charge in [-0.3, -0.25) is 0 Å². The van der Waals surface area contributed by atoms with Gasteiger partial charge in [-0.2, -0.15) is 8.42 Å². The van der Waals surface area contributed by atoms with E-state index in [1.54, 1.807) is 48.5 Å². The predicted molar refractivity (Wildman–Crippen MR) is 84.9 cm³/mol. The maximum Gasteiger partial charge on any atom is 0.364 e. The van der Waals surface area contributed by atoms with Crippen LogP contribution in [0, 0.1) is 0 Å². The molecule has 0 atom stereocenters. The van der Waals surface area contributed by atoms with E-state index < -0.39 is 10.2 Å². The van der Waals surface area contributed by atoms with Crippen molar-refractivity contribution in [2.75, 3.05) is 0 Å². The van der Waals surface area contributed by atoms with Gasteiger partial charge >= 0.3 is 10.2 Å². The van der Waals surface area contributed by atoms with Crippen LogP contribution in [0.1, 0.15) is 11.1 Å². The molecule has 0 fully saturated rings. The molecule has 0 unspecified atom stereocenters. The summed E-state index contributed by atoms with van der Waals surface area (Å²) in [7, 11) is -3.85. The van der Waals surface area contributed by atoms with Crippen LogP contribution in [0.4, 0.5) is 0 Å². The summed E-state index contributed by atoms with van der Waals surface area (Å²) >= 11 is 11.7. The summed E-state index contributed by atoms with van der Waals surface area (Å²) < 4.78 is 30.8. The summed E-state index contributed by atoms with van der Waals surface area (Å²) in [5, 5.41) is 1.12. The quantitative estimate of drug-likeness (QED) is 0.840. The van der Waals surface area contributed by atoms with Crippen LogP contribution in [-0.4, -0.2) is 19.8 Å². The van der Waals surface area contributed by atoms with Gasteiger partial charge in [-0.1, -0.05) is 47.5 Å². The highest BCUT2D eigenvalue weighted by molar-refractivity contribution is 7.89. The van der Waals surface area contributed by atoms with E-state index in [0.717, 1.165) is 0 Å². The molecule has 0 saturated heterocycles. The molecule has 2 aromatic carbocycles. The Hall–Kier alpha value is -1.69. The van der Waals surface area contributed by atoms with Gasteiger partial charge in [-0.25, -0.2) is 0 Å². The van der Waals surface area contributed by atoms with Crippen LogP contribution >= 0.6 is 23.2 Å². The molecule has 0 radical (unpaired) electrons. The summed E-state index contributed by atoms with van der Waals surface area (Å²) in [5.41, 5.74) is 1.87. The minimum Gasteiger partial charge on any atom is -0.179 e. The van der Waals surface area contributed by atoms with Crippen molar-refractivity contribution in [3.8, 4) is 0 Å². The van der Waals surface area contributed by atoms with E-state index in [2.05, 4.69) is 8.80 Å². The van der Waals surface area contributed by atoms with Gasteiger partial charge in [-0.05, 0) is 24.3 Å². The Morgan fingerprint density at radius 3 is 1.33 bits per heavy atom. The molecule has 0 spiro atoms. The minimum atomic E-state index is -3.85. The summed E-state index contributed by atoms with van der Waals surface area (Å²) in [6.07, 6.45) is 0. The van der Waals surface area contributed by atoms with Crippen molar-refractivity contribution in [3.63, 3.8) is 0 Å². The molecule has 0 aliphatic carbocycles. The lowest BCUT2D eigenvalue weighted by molar-refractivity contribution is 0.601. The van der Waals surface area contributed by atoms with Gasteiger partial charge < -0.3 is 0 Å². The first kappa shape index (κ1) is 14.3. The second-order valence-corrected chi connectivity index (χ2v) is 6.48. The van der Waals surface area contributed by atoms with Crippen molar-refractivity contribution in [2.24, 2.45) is 8.80 Å². The van der Waals surface area contributed by atoms with Crippen molar-refractivity contribution in [1.29, 1.82) is 0 Å². The van der Waals surface area contributed by atoms with Crippen molar-refractivity contribution in [1.82, 2.24) is 0 Å². The zero-order valence-electron chi connectivity index (χ0n) is 10.5. The summed E-state index contributed by atoms with van der Waals surface area (Å²) in [5.74, 6) is 0. The average Bonchev–Trinajstić information content (AvgIpc) is 2.76. The molecule has 0 saturated carbocycles. The highest BCUT2D eigenvalue weighted by Gasteiger charge is 2.26. The molecule has 0 aromatic heterocycles. The van der Waals surface area contributed by atoms with Crippen molar-refractivity contribution in [3.05, 3.63) is 69.7 Å². The molecular formula is C14H8Cl2N2O2S. The van der Waals surface area contributed by atoms with E-state index in [4.69, 9.17) is 23.2 Å². The molecular weight excluding hydrogens is 331 g/mol. The standard InChI is InChI=1S/C14H8Cl2N2O2S/c15-11-5-1-9(2-6-11)13-14(18-21(19,20)17-13)10-3-7-12(16)8-4-10/h1-8H. The number of halogens is 2. The van der Waals surface area contributed by atoms with Crippen LogP contribution in [-0.2, 0) is 10.2 Å². The predicted octanol–water partition coefficient (Wildman–Crippen LogP) is 3.53. The lowest BCUT2D eigenvalue weighted by atomic mass is 10.0. The number of hydrogen-bond acceptors (Lipinski definition) is 2. The Kier molecular flexibility index (Phi) is 3.57. The average molecular weight is 339 g/mol. The van der Waals surface area contributed by atoms with E-state index in [0.29, 0.717) is 32.6 Å². The fraction of sp³-hybridized carbons (Fsp3) is 0. The van der Waals surface area contributed by atoms with E-state index in [-0.39, 0.29) is 0 Å². The largest absolute Gasteiger partial charge is 0.364 e. The first-order chi connectivity index (χ1) is 9.94. The third-order valence-electron chi connectivity index (χ3n) is 2.87. The van der Waals surface area contributed by atoms with E-state index >= 15 is 0 Å². The molecule has 0 amide bonds. The Balaban J connectivity index is 2.12. The molecule has 21 heavy (non-hydrogen) atoms. The highest BCUT2D eigenvalue weighted by atomic mass is 35.5. The van der Waals surface area contributed by atoms with Gasteiger partial charge in [0.25, 0.3) is 0 Å². The van der Waals surface area contributed by atoms with Crippen LogP contribution in [0.5, 0.6) is 0 Å². The van der Waals surface area contributed by atoms with Gasteiger partial charge in [0, 0.05) is 21.2 Å². The first-order valence-electron chi connectivity index (χ1n) is 5.92. The zero-order valence-corrected chi connectivity index (χ0v) is 12.8. The van der Waals surface area contributed by atoms with E-state index in [9.17, 15) is 8.42 Å². The Morgan fingerprint density at radius 1 is 0.667 bits per heavy atom. The van der Waals surface area contributed by atoms with Crippen LogP contribution in [0.25, 0.3) is 0 Å². The molecule has 3 rings (SSSR count). The lowest BCUT2D eigenvalue weighted by Gasteiger charge is -2.05. The fourth-order valence-corrected chi connectivity index (χ4v) is 3.07. The summed E-state index contributed by atoms with van der Waals surface area (Å²) in [4.78, 5) is 0. The summed E-state index contributed by atoms with van der Waals surface area (Å²) in [6.45, 7) is 0. The molecule has 7 heteroatoms. The number of nitrogens with zero attached hydrogens (tertiary/aromatic N) is 2. The van der Waals surface area contributed by atoms with Crippen molar-refractivity contribution >= 4 is 44.8 Å². The van der Waals surface area contributed by atoms with Gasteiger partial charge in [0.05, 0.1) is 0 Å². The van der Waals surface area contributed by atoms with E-state index in [1.807, 2.05) is 0 Å². The van der Waals surface area contributed by atoms with Crippen LogP contribution in [0.15, 0.2) is 57.3 Å². The molecule has 106 valence electrons. The molecule has 2 aromatic rings. The van der Waals surface area contributed by atoms with Crippen molar-refractivity contribution < 1.29 is 8.42 Å². The Labute approximate surface area is 132 Å². The summed E-state index contributed by atoms with van der Waals surface area (Å²) in [6, 6.07) is 13.5. The Bertz CT molecular complexity index is 787. The monoisotopic (exact) mass is 338 g/mol. The molecule has 1 aliphatic heterocycles.